The molecule has 0 aliphatic heterocycles. The lowest BCUT2D eigenvalue weighted by atomic mass is 10.2. The molecule has 5 heteroatoms. The second-order valence-corrected chi connectivity index (χ2v) is 4.55. The highest BCUT2D eigenvalue weighted by atomic mass is 35.5. The molecule has 0 aliphatic rings. The molecule has 86 valence electrons. The summed E-state index contributed by atoms with van der Waals surface area (Å²) in [5.41, 5.74) is 3.48. The largest absolute Gasteiger partial charge is 0.262 e. The Labute approximate surface area is 103 Å². The molecule has 3 aromatic rings. The Morgan fingerprint density at radius 3 is 2.59 bits per heavy atom. The van der Waals surface area contributed by atoms with Gasteiger partial charge >= 0.3 is 0 Å². The maximum absolute atomic E-state index is 6.35. The molecule has 0 N–H and O–H groups in total. The molecule has 0 atom stereocenters. The number of rotatable bonds is 0. The molecule has 0 aromatic carbocycles. The molecule has 3 heterocycles. The van der Waals surface area contributed by atoms with Crippen LogP contribution in [0.5, 0.6) is 0 Å². The second-order valence-electron chi connectivity index (χ2n) is 4.17. The van der Waals surface area contributed by atoms with Crippen LogP contribution in [0.2, 0.25) is 5.02 Å². The third-order valence-electron chi connectivity index (χ3n) is 2.95. The number of halogens is 1. The zero-order valence-electron chi connectivity index (χ0n) is 9.82. The van der Waals surface area contributed by atoms with E-state index in [1.54, 1.807) is 0 Å². The standard InChI is InChI=1S/C12H11ClN4/c1-6-4-5-9-10(13)7(2)11-16-15-8(3)17(11)12(9)14-6/h4-5H,1-3H3. The van der Waals surface area contributed by atoms with E-state index < -0.39 is 0 Å². The topological polar surface area (TPSA) is 43.1 Å². The van der Waals surface area contributed by atoms with E-state index in [0.29, 0.717) is 5.02 Å². The molecule has 3 aromatic heterocycles. The molecule has 0 bridgehead atoms. The first-order valence-electron chi connectivity index (χ1n) is 5.36. The molecular formula is C12H11ClN4. The van der Waals surface area contributed by atoms with Crippen molar-refractivity contribution < 1.29 is 0 Å². The van der Waals surface area contributed by atoms with Crippen LogP contribution in [0.4, 0.5) is 0 Å². The lowest BCUT2D eigenvalue weighted by Crippen LogP contribution is -1.98. The van der Waals surface area contributed by atoms with E-state index in [0.717, 1.165) is 33.8 Å². The Bertz CT molecular complexity index is 745. The Kier molecular flexibility index (Phi) is 2.10. The lowest BCUT2D eigenvalue weighted by Gasteiger charge is -2.08. The molecule has 4 nitrogen and oxygen atoms in total. The van der Waals surface area contributed by atoms with Gasteiger partial charge in [0.05, 0.1) is 5.02 Å². The summed E-state index contributed by atoms with van der Waals surface area (Å²) >= 11 is 6.35. The number of hydrogen-bond donors (Lipinski definition) is 0. The summed E-state index contributed by atoms with van der Waals surface area (Å²) in [5, 5.41) is 9.88. The number of aryl methyl sites for hydroxylation is 3. The Hall–Kier alpha value is -1.68. The average Bonchev–Trinajstić information content (AvgIpc) is 2.68. The summed E-state index contributed by atoms with van der Waals surface area (Å²) in [5.74, 6) is 0.822. The van der Waals surface area contributed by atoms with Gasteiger partial charge in [0.1, 0.15) is 11.5 Å². The molecule has 0 radical (unpaired) electrons. The maximum atomic E-state index is 6.35. The highest BCUT2D eigenvalue weighted by Gasteiger charge is 2.14. The Morgan fingerprint density at radius 1 is 1.06 bits per heavy atom. The zero-order chi connectivity index (χ0) is 12.2. The first-order chi connectivity index (χ1) is 8.09. The third kappa shape index (κ3) is 1.34. The van der Waals surface area contributed by atoms with Crippen LogP contribution >= 0.6 is 11.6 Å². The van der Waals surface area contributed by atoms with Gasteiger partial charge in [-0.25, -0.2) is 4.98 Å². The van der Waals surface area contributed by atoms with Gasteiger partial charge in [-0.05, 0) is 32.9 Å². The van der Waals surface area contributed by atoms with Crippen LogP contribution in [0, 0.1) is 20.8 Å². The van der Waals surface area contributed by atoms with Gasteiger partial charge in [-0.3, -0.25) is 4.40 Å². The smallest absolute Gasteiger partial charge is 0.166 e. The number of hydrogen-bond acceptors (Lipinski definition) is 3. The lowest BCUT2D eigenvalue weighted by molar-refractivity contribution is 1.01. The zero-order valence-corrected chi connectivity index (χ0v) is 10.6. The monoisotopic (exact) mass is 246 g/mol. The van der Waals surface area contributed by atoms with Gasteiger partial charge in [0.15, 0.2) is 5.65 Å². The summed E-state index contributed by atoms with van der Waals surface area (Å²) in [7, 11) is 0. The molecule has 0 saturated carbocycles. The van der Waals surface area contributed by atoms with Crippen LogP contribution in [-0.2, 0) is 0 Å². The van der Waals surface area contributed by atoms with Gasteiger partial charge < -0.3 is 0 Å². The number of nitrogens with zero attached hydrogens (tertiary/aromatic N) is 4. The fourth-order valence-electron chi connectivity index (χ4n) is 2.04. The van der Waals surface area contributed by atoms with E-state index in [1.165, 1.54) is 0 Å². The van der Waals surface area contributed by atoms with Gasteiger partial charge in [-0.15, -0.1) is 10.2 Å². The van der Waals surface area contributed by atoms with Gasteiger partial charge in [0.25, 0.3) is 0 Å². The summed E-state index contributed by atoms with van der Waals surface area (Å²) in [6.45, 7) is 5.82. The normalized spacial score (nSPS) is 11.5. The molecule has 3 rings (SSSR count). The quantitative estimate of drug-likeness (QED) is 0.613. The predicted molar refractivity (Wildman–Crippen MR) is 67.5 cm³/mol. The molecule has 0 fully saturated rings. The number of fused-ring (bicyclic) bond motifs is 3. The highest BCUT2D eigenvalue weighted by molar-refractivity contribution is 6.36. The van der Waals surface area contributed by atoms with Crippen LogP contribution in [-0.4, -0.2) is 19.6 Å². The van der Waals surface area contributed by atoms with Crippen molar-refractivity contribution in [2.75, 3.05) is 0 Å². The van der Waals surface area contributed by atoms with E-state index in [-0.39, 0.29) is 0 Å². The molecule has 0 spiro atoms. The summed E-state index contributed by atoms with van der Waals surface area (Å²) in [6, 6.07) is 3.95. The predicted octanol–water partition coefficient (Wildman–Crippen LogP) is 2.86. The first kappa shape index (κ1) is 10.5. The van der Waals surface area contributed by atoms with Crippen LogP contribution in [0.15, 0.2) is 12.1 Å². The van der Waals surface area contributed by atoms with Gasteiger partial charge in [0, 0.05) is 16.6 Å². The third-order valence-corrected chi connectivity index (χ3v) is 3.44. The molecule has 0 saturated heterocycles. The van der Waals surface area contributed by atoms with Gasteiger partial charge in [-0.2, -0.15) is 0 Å². The minimum absolute atomic E-state index is 0.701. The van der Waals surface area contributed by atoms with E-state index in [2.05, 4.69) is 15.2 Å². The number of aromatic nitrogens is 4. The average molecular weight is 247 g/mol. The molecule has 0 unspecified atom stereocenters. The van der Waals surface area contributed by atoms with E-state index in [1.807, 2.05) is 37.3 Å². The second kappa shape index (κ2) is 3.40. The highest BCUT2D eigenvalue weighted by Crippen LogP contribution is 2.29. The summed E-state index contributed by atoms with van der Waals surface area (Å²) < 4.78 is 1.95. The van der Waals surface area contributed by atoms with Crippen molar-refractivity contribution in [3.8, 4) is 0 Å². The van der Waals surface area contributed by atoms with E-state index in [9.17, 15) is 0 Å². The Morgan fingerprint density at radius 2 is 1.82 bits per heavy atom. The molecular weight excluding hydrogens is 236 g/mol. The van der Waals surface area contributed by atoms with Crippen LogP contribution in [0.1, 0.15) is 17.1 Å². The van der Waals surface area contributed by atoms with E-state index in [4.69, 9.17) is 11.6 Å². The molecule has 17 heavy (non-hydrogen) atoms. The van der Waals surface area contributed by atoms with E-state index >= 15 is 0 Å². The van der Waals surface area contributed by atoms with Crippen molar-refractivity contribution >= 4 is 28.3 Å². The van der Waals surface area contributed by atoms with Crippen molar-refractivity contribution in [3.05, 3.63) is 34.2 Å². The van der Waals surface area contributed by atoms with Crippen LogP contribution < -0.4 is 0 Å². The minimum Gasteiger partial charge on any atom is -0.262 e. The van der Waals surface area contributed by atoms with Crippen LogP contribution in [0.3, 0.4) is 0 Å². The van der Waals surface area contributed by atoms with Crippen molar-refractivity contribution in [1.29, 1.82) is 0 Å². The number of pyridine rings is 2. The maximum Gasteiger partial charge on any atom is 0.166 e. The first-order valence-corrected chi connectivity index (χ1v) is 5.74. The molecule has 0 amide bonds. The fraction of sp³-hybridized carbons (Fsp3) is 0.250. The molecule has 0 aliphatic carbocycles. The van der Waals surface area contributed by atoms with Gasteiger partial charge in [0.2, 0.25) is 0 Å². The van der Waals surface area contributed by atoms with Crippen LogP contribution in [0.25, 0.3) is 16.7 Å². The van der Waals surface area contributed by atoms with Crippen molar-refractivity contribution in [1.82, 2.24) is 19.6 Å². The Balaban J connectivity index is 2.69. The van der Waals surface area contributed by atoms with Crippen molar-refractivity contribution in [2.45, 2.75) is 20.8 Å². The van der Waals surface area contributed by atoms with Crippen molar-refractivity contribution in [2.24, 2.45) is 0 Å². The summed E-state index contributed by atoms with van der Waals surface area (Å²) in [6.07, 6.45) is 0. The van der Waals surface area contributed by atoms with Crippen molar-refractivity contribution in [3.63, 3.8) is 0 Å². The SMILES string of the molecule is Cc1ccc2c(Cl)c(C)c3nnc(C)n3c2n1. The summed E-state index contributed by atoms with van der Waals surface area (Å²) in [4.78, 5) is 4.54. The minimum atomic E-state index is 0.701. The fourth-order valence-corrected chi connectivity index (χ4v) is 2.28. The van der Waals surface area contributed by atoms with Gasteiger partial charge in [-0.1, -0.05) is 11.6 Å².